The van der Waals surface area contributed by atoms with Crippen molar-refractivity contribution < 1.29 is 9.53 Å². The molecule has 1 atom stereocenters. The maximum atomic E-state index is 12.6. The zero-order valence-electron chi connectivity index (χ0n) is 15.1. The fraction of sp³-hybridized carbons (Fsp3) is 0.429. The molecule has 1 saturated carbocycles. The van der Waals surface area contributed by atoms with Gasteiger partial charge < -0.3 is 15.0 Å². The van der Waals surface area contributed by atoms with Gasteiger partial charge >= 0.3 is 0 Å². The summed E-state index contributed by atoms with van der Waals surface area (Å²) in [6, 6.07) is 12.0. The van der Waals surface area contributed by atoms with Crippen molar-refractivity contribution in [1.29, 1.82) is 0 Å². The highest BCUT2D eigenvalue weighted by atomic mass is 16.5. The molecule has 1 aromatic carbocycles. The van der Waals surface area contributed by atoms with Gasteiger partial charge in [-0.15, -0.1) is 0 Å². The van der Waals surface area contributed by atoms with Crippen LogP contribution < -0.4 is 15.0 Å². The van der Waals surface area contributed by atoms with Crippen LogP contribution in [-0.2, 0) is 17.8 Å². The van der Waals surface area contributed by atoms with Crippen molar-refractivity contribution >= 4 is 11.6 Å². The van der Waals surface area contributed by atoms with Crippen molar-refractivity contribution in [3.8, 4) is 5.88 Å². The Hall–Kier alpha value is -2.56. The number of para-hydroxylation sites is 1. The number of benzene rings is 1. The largest absolute Gasteiger partial charge is 0.477 e. The van der Waals surface area contributed by atoms with Gasteiger partial charge in [-0.25, -0.2) is 4.98 Å². The third-order valence-corrected chi connectivity index (χ3v) is 5.20. The molecular weight excluding hydrogens is 326 g/mol. The van der Waals surface area contributed by atoms with E-state index in [0.29, 0.717) is 18.3 Å². The molecule has 1 amide bonds. The molecule has 1 aliphatic heterocycles. The summed E-state index contributed by atoms with van der Waals surface area (Å²) in [5.74, 6) is 1.41. The normalized spacial score (nSPS) is 16.9. The Labute approximate surface area is 154 Å². The summed E-state index contributed by atoms with van der Waals surface area (Å²) in [5, 5.41) is 3.02. The summed E-state index contributed by atoms with van der Waals surface area (Å²) in [5.41, 5.74) is 3.47. The Morgan fingerprint density at radius 3 is 2.92 bits per heavy atom. The molecule has 0 bridgehead atoms. The van der Waals surface area contributed by atoms with Gasteiger partial charge in [0.1, 0.15) is 6.04 Å². The Bertz CT molecular complexity index is 771. The first-order valence-electron chi connectivity index (χ1n) is 9.40. The number of anilines is 1. The molecule has 4 rings (SSSR count). The lowest BCUT2D eigenvalue weighted by Gasteiger charge is -2.26. The summed E-state index contributed by atoms with van der Waals surface area (Å²) in [7, 11) is 0. The molecule has 5 heteroatoms. The van der Waals surface area contributed by atoms with Gasteiger partial charge in [-0.2, -0.15) is 0 Å². The Kier molecular flexibility index (Phi) is 4.78. The third-order valence-electron chi connectivity index (χ3n) is 5.20. The molecule has 0 saturated heterocycles. The molecule has 0 radical (unpaired) electrons. The summed E-state index contributed by atoms with van der Waals surface area (Å²) in [6.07, 6.45) is 5.31. The Morgan fingerprint density at radius 2 is 2.15 bits per heavy atom. The quantitative estimate of drug-likeness (QED) is 0.833. The predicted molar refractivity (Wildman–Crippen MR) is 101 cm³/mol. The molecule has 0 spiro atoms. The number of amides is 1. The van der Waals surface area contributed by atoms with E-state index in [1.54, 1.807) is 6.20 Å². The van der Waals surface area contributed by atoms with E-state index in [1.807, 2.05) is 25.1 Å². The summed E-state index contributed by atoms with van der Waals surface area (Å²) < 4.78 is 5.64. The number of hydrogen-bond acceptors (Lipinski definition) is 4. The minimum absolute atomic E-state index is 0.0377. The fourth-order valence-corrected chi connectivity index (χ4v) is 3.33. The molecule has 1 aromatic heterocycles. The van der Waals surface area contributed by atoms with Gasteiger partial charge in [-0.3, -0.25) is 4.79 Å². The average molecular weight is 351 g/mol. The summed E-state index contributed by atoms with van der Waals surface area (Å²) in [4.78, 5) is 19.1. The second-order valence-corrected chi connectivity index (χ2v) is 7.22. The highest BCUT2D eigenvalue weighted by molar-refractivity contribution is 5.85. The minimum atomic E-state index is -0.187. The van der Waals surface area contributed by atoms with Gasteiger partial charge in [0, 0.05) is 31.0 Å². The number of nitrogens with one attached hydrogen (secondary N) is 1. The van der Waals surface area contributed by atoms with Gasteiger partial charge in [0.25, 0.3) is 0 Å². The van der Waals surface area contributed by atoms with Gasteiger partial charge in [-0.05, 0) is 49.3 Å². The molecule has 1 aliphatic carbocycles. The van der Waals surface area contributed by atoms with Crippen molar-refractivity contribution in [1.82, 2.24) is 10.3 Å². The number of aromatic nitrogens is 1. The number of nitrogens with zero attached hydrogens (tertiary/aromatic N) is 2. The van der Waals surface area contributed by atoms with Crippen LogP contribution in [0.15, 0.2) is 42.6 Å². The maximum Gasteiger partial charge on any atom is 0.242 e. The first-order valence-corrected chi connectivity index (χ1v) is 9.40. The second-order valence-electron chi connectivity index (χ2n) is 7.22. The van der Waals surface area contributed by atoms with Gasteiger partial charge in [0.2, 0.25) is 11.8 Å². The van der Waals surface area contributed by atoms with Crippen LogP contribution in [0.25, 0.3) is 0 Å². The SMILES string of the molecule is C[C@@H](C(=O)NCc1ccc(OCC2CC2)nc1)N1CCc2ccccc21. The number of fused-ring (bicyclic) bond motifs is 1. The van der Waals surface area contributed by atoms with E-state index >= 15 is 0 Å². The number of ether oxygens (including phenoxy) is 1. The summed E-state index contributed by atoms with van der Waals surface area (Å²) in [6.45, 7) is 4.10. The molecule has 2 aliphatic rings. The molecule has 1 N–H and O–H groups in total. The lowest BCUT2D eigenvalue weighted by Crippen LogP contribution is -2.44. The first kappa shape index (κ1) is 16.9. The van der Waals surface area contributed by atoms with Crippen LogP contribution in [0.4, 0.5) is 5.69 Å². The van der Waals surface area contributed by atoms with Crippen molar-refractivity contribution in [2.75, 3.05) is 18.1 Å². The molecule has 2 aromatic rings. The third kappa shape index (κ3) is 3.82. The van der Waals surface area contributed by atoms with E-state index in [2.05, 4.69) is 33.4 Å². The predicted octanol–water partition coefficient (Wildman–Crippen LogP) is 2.94. The highest BCUT2D eigenvalue weighted by Gasteiger charge is 2.27. The van der Waals surface area contributed by atoms with Crippen molar-refractivity contribution in [3.05, 3.63) is 53.7 Å². The first-order chi connectivity index (χ1) is 12.7. The zero-order chi connectivity index (χ0) is 17.9. The van der Waals surface area contributed by atoms with Gasteiger partial charge in [0.05, 0.1) is 6.61 Å². The number of rotatable bonds is 7. The zero-order valence-corrected chi connectivity index (χ0v) is 15.1. The molecule has 2 heterocycles. The lowest BCUT2D eigenvalue weighted by atomic mass is 10.1. The van der Waals surface area contributed by atoms with Crippen LogP contribution in [0.5, 0.6) is 5.88 Å². The van der Waals surface area contributed by atoms with Gasteiger partial charge in [-0.1, -0.05) is 24.3 Å². The van der Waals surface area contributed by atoms with E-state index in [-0.39, 0.29) is 11.9 Å². The van der Waals surface area contributed by atoms with E-state index in [1.165, 1.54) is 24.1 Å². The topological polar surface area (TPSA) is 54.5 Å². The second kappa shape index (κ2) is 7.36. The molecule has 26 heavy (non-hydrogen) atoms. The van der Waals surface area contributed by atoms with Crippen molar-refractivity contribution in [2.24, 2.45) is 5.92 Å². The summed E-state index contributed by atoms with van der Waals surface area (Å²) >= 11 is 0. The van der Waals surface area contributed by atoms with Crippen molar-refractivity contribution in [2.45, 2.75) is 38.8 Å². The number of carbonyl (C=O) groups is 1. The monoisotopic (exact) mass is 351 g/mol. The van der Waals surface area contributed by atoms with Crippen LogP contribution in [0, 0.1) is 5.92 Å². The van der Waals surface area contributed by atoms with Crippen LogP contribution in [0.1, 0.15) is 30.9 Å². The van der Waals surface area contributed by atoms with Crippen LogP contribution >= 0.6 is 0 Å². The Balaban J connectivity index is 1.29. The van der Waals surface area contributed by atoms with Crippen molar-refractivity contribution in [3.63, 3.8) is 0 Å². The van der Waals surface area contributed by atoms with E-state index < -0.39 is 0 Å². The standard InChI is InChI=1S/C21H25N3O2/c1-15(24-11-10-18-4-2-3-5-19(18)24)21(25)23-13-17-8-9-20(22-12-17)26-14-16-6-7-16/h2-5,8-9,12,15-16H,6-7,10-11,13-14H2,1H3,(H,23,25)/t15-/m0/s1. The van der Waals surface area contributed by atoms with Crippen LogP contribution in [-0.4, -0.2) is 30.1 Å². The van der Waals surface area contributed by atoms with Gasteiger partial charge in [0.15, 0.2) is 0 Å². The van der Waals surface area contributed by atoms with Crippen LogP contribution in [0.2, 0.25) is 0 Å². The van der Waals surface area contributed by atoms with E-state index in [9.17, 15) is 4.79 Å². The molecule has 136 valence electrons. The minimum Gasteiger partial charge on any atom is -0.477 e. The molecule has 1 fully saturated rings. The highest BCUT2D eigenvalue weighted by Crippen LogP contribution is 2.30. The number of hydrogen-bond donors (Lipinski definition) is 1. The smallest absolute Gasteiger partial charge is 0.242 e. The molecule has 5 nitrogen and oxygen atoms in total. The van der Waals surface area contributed by atoms with Crippen LogP contribution in [0.3, 0.4) is 0 Å². The number of carbonyl (C=O) groups excluding carboxylic acids is 1. The molecule has 0 unspecified atom stereocenters. The van der Waals surface area contributed by atoms with E-state index in [4.69, 9.17) is 4.74 Å². The average Bonchev–Trinajstić information content (AvgIpc) is 3.41. The lowest BCUT2D eigenvalue weighted by molar-refractivity contribution is -0.122. The molecular formula is C21H25N3O2. The maximum absolute atomic E-state index is 12.6. The Morgan fingerprint density at radius 1 is 1.31 bits per heavy atom. The number of pyridine rings is 1. The fourth-order valence-electron chi connectivity index (χ4n) is 3.33. The van der Waals surface area contributed by atoms with E-state index in [0.717, 1.165) is 25.1 Å².